The van der Waals surface area contributed by atoms with Crippen LogP contribution in [0.4, 0.5) is 0 Å². The minimum atomic E-state index is 0.670. The van der Waals surface area contributed by atoms with Crippen LogP contribution in [0.5, 0.6) is 23.0 Å². The van der Waals surface area contributed by atoms with Crippen LogP contribution in [-0.4, -0.2) is 14.5 Å². The average Bonchev–Trinajstić information content (AvgIpc) is 3.43. The number of benzene rings is 6. The summed E-state index contributed by atoms with van der Waals surface area (Å²) in [4.78, 5) is 10.1. The van der Waals surface area contributed by atoms with Crippen LogP contribution in [0.3, 0.4) is 0 Å². The van der Waals surface area contributed by atoms with Gasteiger partial charge < -0.3 is 14.0 Å². The largest absolute Gasteiger partial charge is 0.449 e. The summed E-state index contributed by atoms with van der Waals surface area (Å²) in [6, 6.07) is 51.4. The van der Waals surface area contributed by atoms with E-state index in [-0.39, 0.29) is 0 Å². The highest BCUT2D eigenvalue weighted by Crippen LogP contribution is 2.48. The lowest BCUT2D eigenvalue weighted by Gasteiger charge is -2.20. The molecule has 9 rings (SSSR count). The van der Waals surface area contributed by atoms with Gasteiger partial charge in [0.2, 0.25) is 0 Å². The number of hydrogen-bond acceptors (Lipinski definition) is 4. The van der Waals surface area contributed by atoms with Crippen LogP contribution in [0.15, 0.2) is 152 Å². The fourth-order valence-corrected chi connectivity index (χ4v) is 6.14. The molecule has 0 saturated heterocycles. The molecule has 0 unspecified atom stereocenters. The SMILES string of the molecule is c1ccc(-c2cc(-c3ccccc3)nc(-c3cccc(-n4c5ccccc5c5cc6c(cc54)Oc4ccccc4O6)c3)n2)cc1. The highest BCUT2D eigenvalue weighted by Gasteiger charge is 2.22. The minimum Gasteiger partial charge on any atom is -0.449 e. The zero-order valence-electron chi connectivity index (χ0n) is 24.1. The monoisotopic (exact) mass is 579 g/mol. The maximum atomic E-state index is 6.32. The second-order valence-electron chi connectivity index (χ2n) is 11.1. The van der Waals surface area contributed by atoms with Crippen molar-refractivity contribution in [2.45, 2.75) is 0 Å². The standard InChI is InChI=1S/C40H25N3O2/c1-3-12-26(13-4-1)32-24-33(27-14-5-2-6-15-27)42-40(41-32)28-16-11-17-29(22-28)43-34-19-8-7-18-30(34)31-23-38-39(25-35(31)43)45-37-21-10-9-20-36(37)44-38/h1-25H. The number of nitrogens with zero attached hydrogens (tertiary/aromatic N) is 3. The van der Waals surface area contributed by atoms with Gasteiger partial charge in [0.15, 0.2) is 28.8 Å². The number of aromatic nitrogens is 3. The van der Waals surface area contributed by atoms with Crippen molar-refractivity contribution in [3.8, 4) is 62.6 Å². The molecule has 0 amide bonds. The van der Waals surface area contributed by atoms with Gasteiger partial charge in [0.05, 0.1) is 22.4 Å². The molecule has 212 valence electrons. The van der Waals surface area contributed by atoms with Gasteiger partial charge in [-0.3, -0.25) is 0 Å². The molecule has 45 heavy (non-hydrogen) atoms. The maximum Gasteiger partial charge on any atom is 0.172 e. The highest BCUT2D eigenvalue weighted by atomic mass is 16.6. The molecule has 1 aliphatic heterocycles. The Hall–Kier alpha value is -6.20. The first-order chi connectivity index (χ1) is 22.3. The van der Waals surface area contributed by atoms with E-state index in [1.807, 2.05) is 60.7 Å². The van der Waals surface area contributed by atoms with Crippen LogP contribution in [0.2, 0.25) is 0 Å². The van der Waals surface area contributed by atoms with Gasteiger partial charge in [-0.25, -0.2) is 9.97 Å². The molecule has 6 aromatic carbocycles. The fourth-order valence-electron chi connectivity index (χ4n) is 6.14. The lowest BCUT2D eigenvalue weighted by molar-refractivity contribution is 0.360. The fraction of sp³-hybridized carbons (Fsp3) is 0. The van der Waals surface area contributed by atoms with Crippen LogP contribution in [0, 0.1) is 0 Å². The molecule has 0 N–H and O–H groups in total. The summed E-state index contributed by atoms with van der Waals surface area (Å²) in [5.74, 6) is 3.49. The first kappa shape index (κ1) is 25.3. The molecule has 0 fully saturated rings. The summed E-state index contributed by atoms with van der Waals surface area (Å²) in [5, 5.41) is 2.23. The van der Waals surface area contributed by atoms with Crippen LogP contribution >= 0.6 is 0 Å². The minimum absolute atomic E-state index is 0.670. The third-order valence-electron chi connectivity index (χ3n) is 8.25. The van der Waals surface area contributed by atoms with Crippen molar-refractivity contribution in [3.63, 3.8) is 0 Å². The Kier molecular flexibility index (Phi) is 5.74. The Balaban J connectivity index is 1.23. The topological polar surface area (TPSA) is 49.2 Å². The van der Waals surface area contributed by atoms with Crippen molar-refractivity contribution >= 4 is 21.8 Å². The third-order valence-corrected chi connectivity index (χ3v) is 8.25. The van der Waals surface area contributed by atoms with E-state index >= 15 is 0 Å². The first-order valence-electron chi connectivity index (χ1n) is 14.9. The molecule has 5 heteroatoms. The normalized spacial score (nSPS) is 11.9. The second-order valence-corrected chi connectivity index (χ2v) is 11.1. The molecule has 0 aliphatic carbocycles. The van der Waals surface area contributed by atoms with E-state index in [2.05, 4.69) is 95.6 Å². The van der Waals surface area contributed by atoms with E-state index in [4.69, 9.17) is 19.4 Å². The van der Waals surface area contributed by atoms with Gasteiger partial charge in [-0.05, 0) is 42.5 Å². The third kappa shape index (κ3) is 4.33. The summed E-state index contributed by atoms with van der Waals surface area (Å²) < 4.78 is 14.9. The summed E-state index contributed by atoms with van der Waals surface area (Å²) >= 11 is 0. The van der Waals surface area contributed by atoms with E-state index in [9.17, 15) is 0 Å². The Morgan fingerprint density at radius 1 is 0.400 bits per heavy atom. The zero-order chi connectivity index (χ0) is 29.7. The molecular formula is C40H25N3O2. The van der Waals surface area contributed by atoms with Crippen LogP contribution in [0.25, 0.3) is 61.4 Å². The number of rotatable bonds is 4. The maximum absolute atomic E-state index is 6.32. The lowest BCUT2D eigenvalue weighted by Crippen LogP contribution is -2.00. The van der Waals surface area contributed by atoms with Crippen LogP contribution < -0.4 is 9.47 Å². The van der Waals surface area contributed by atoms with Crippen LogP contribution in [0.1, 0.15) is 0 Å². The van der Waals surface area contributed by atoms with E-state index in [0.717, 1.165) is 55.6 Å². The Morgan fingerprint density at radius 3 is 1.67 bits per heavy atom. The molecule has 0 spiro atoms. The van der Waals surface area contributed by atoms with E-state index in [0.29, 0.717) is 28.8 Å². The lowest BCUT2D eigenvalue weighted by atomic mass is 10.1. The molecule has 0 saturated carbocycles. The van der Waals surface area contributed by atoms with Gasteiger partial charge in [-0.1, -0.05) is 103 Å². The number of hydrogen-bond donors (Lipinski definition) is 0. The zero-order valence-corrected chi connectivity index (χ0v) is 24.1. The summed E-state index contributed by atoms with van der Waals surface area (Å²) in [6.45, 7) is 0. The molecule has 0 atom stereocenters. The Morgan fingerprint density at radius 2 is 0.978 bits per heavy atom. The number of ether oxygens (including phenoxy) is 2. The predicted molar refractivity (Wildman–Crippen MR) is 179 cm³/mol. The molecule has 5 nitrogen and oxygen atoms in total. The summed E-state index contributed by atoms with van der Waals surface area (Å²) in [7, 11) is 0. The first-order valence-corrected chi connectivity index (χ1v) is 14.9. The molecular weight excluding hydrogens is 554 g/mol. The van der Waals surface area contributed by atoms with Crippen molar-refractivity contribution in [2.24, 2.45) is 0 Å². The summed E-state index contributed by atoms with van der Waals surface area (Å²) in [6.07, 6.45) is 0. The second kappa shape index (κ2) is 10.2. The van der Waals surface area contributed by atoms with Crippen molar-refractivity contribution in [1.82, 2.24) is 14.5 Å². The molecule has 0 radical (unpaired) electrons. The quantitative estimate of drug-likeness (QED) is 0.208. The van der Waals surface area contributed by atoms with Gasteiger partial charge in [-0.2, -0.15) is 0 Å². The van der Waals surface area contributed by atoms with Crippen molar-refractivity contribution < 1.29 is 9.47 Å². The van der Waals surface area contributed by atoms with E-state index in [1.54, 1.807) is 0 Å². The van der Waals surface area contributed by atoms with Crippen molar-refractivity contribution in [3.05, 3.63) is 152 Å². The van der Waals surface area contributed by atoms with Crippen molar-refractivity contribution in [1.29, 1.82) is 0 Å². The highest BCUT2D eigenvalue weighted by molar-refractivity contribution is 6.10. The van der Waals surface area contributed by atoms with Gasteiger partial charge in [0.1, 0.15) is 0 Å². The summed E-state index contributed by atoms with van der Waals surface area (Å²) in [5.41, 5.74) is 7.91. The molecule has 2 aromatic heterocycles. The molecule has 0 bridgehead atoms. The van der Waals surface area contributed by atoms with E-state index < -0.39 is 0 Å². The number of fused-ring (bicyclic) bond motifs is 5. The average molecular weight is 580 g/mol. The molecule has 3 heterocycles. The van der Waals surface area contributed by atoms with E-state index in [1.165, 1.54) is 0 Å². The van der Waals surface area contributed by atoms with Gasteiger partial charge >= 0.3 is 0 Å². The Labute approximate surface area is 259 Å². The Bertz CT molecular complexity index is 2320. The van der Waals surface area contributed by atoms with Crippen LogP contribution in [-0.2, 0) is 0 Å². The van der Waals surface area contributed by atoms with Gasteiger partial charge in [0, 0.05) is 39.2 Å². The van der Waals surface area contributed by atoms with Gasteiger partial charge in [0.25, 0.3) is 0 Å². The predicted octanol–water partition coefficient (Wildman–Crippen LogP) is 10.5. The smallest absolute Gasteiger partial charge is 0.172 e. The van der Waals surface area contributed by atoms with Crippen molar-refractivity contribution in [2.75, 3.05) is 0 Å². The van der Waals surface area contributed by atoms with Gasteiger partial charge in [-0.15, -0.1) is 0 Å². The number of para-hydroxylation sites is 3. The molecule has 1 aliphatic rings. The molecule has 8 aromatic rings.